The zero-order chi connectivity index (χ0) is 14.7. The predicted octanol–water partition coefficient (Wildman–Crippen LogP) is 3.85. The highest BCUT2D eigenvalue weighted by molar-refractivity contribution is 5.47. The van der Waals surface area contributed by atoms with Crippen LogP contribution in [0.15, 0.2) is 24.5 Å². The third kappa shape index (κ3) is 2.90. The van der Waals surface area contributed by atoms with Crippen molar-refractivity contribution in [2.45, 2.75) is 40.0 Å². The molecule has 0 radical (unpaired) electrons. The fourth-order valence-corrected chi connectivity index (χ4v) is 2.02. The molecule has 1 aromatic heterocycles. The van der Waals surface area contributed by atoms with Gasteiger partial charge >= 0.3 is 0 Å². The van der Waals surface area contributed by atoms with Gasteiger partial charge in [0.15, 0.2) is 0 Å². The maximum absolute atomic E-state index is 5.97. The number of ether oxygens (including phenoxy) is 1. The summed E-state index contributed by atoms with van der Waals surface area (Å²) in [6, 6.07) is 6.26. The van der Waals surface area contributed by atoms with Gasteiger partial charge in [-0.15, -0.1) is 0 Å². The zero-order valence-corrected chi connectivity index (χ0v) is 12.5. The Hall–Kier alpha value is -2.10. The molecule has 0 spiro atoms. The molecule has 4 heteroatoms. The van der Waals surface area contributed by atoms with Crippen LogP contribution < -0.4 is 10.5 Å². The minimum absolute atomic E-state index is 0.457. The Morgan fingerprint density at radius 3 is 2.65 bits per heavy atom. The molecule has 20 heavy (non-hydrogen) atoms. The molecule has 0 aliphatic rings. The predicted molar refractivity (Wildman–Crippen MR) is 81.2 cm³/mol. The standard InChI is InChI=1S/C16H21N3O/c1-5-13-15(17)18-9-19-16(13)20-14-8-12(10(2)3)7-6-11(14)4/h6-10H,5H2,1-4H3,(H2,17,18,19). The summed E-state index contributed by atoms with van der Waals surface area (Å²) < 4.78 is 5.97. The first-order valence-corrected chi connectivity index (χ1v) is 6.90. The molecule has 0 unspecified atom stereocenters. The van der Waals surface area contributed by atoms with E-state index >= 15 is 0 Å². The average Bonchev–Trinajstić information content (AvgIpc) is 2.41. The maximum atomic E-state index is 5.97. The average molecular weight is 271 g/mol. The molecule has 1 heterocycles. The van der Waals surface area contributed by atoms with Crippen molar-refractivity contribution in [1.29, 1.82) is 0 Å². The molecule has 0 aliphatic carbocycles. The van der Waals surface area contributed by atoms with E-state index < -0.39 is 0 Å². The second-order valence-corrected chi connectivity index (χ2v) is 5.18. The zero-order valence-electron chi connectivity index (χ0n) is 12.5. The molecule has 2 aromatic rings. The number of aryl methyl sites for hydroxylation is 1. The van der Waals surface area contributed by atoms with Gasteiger partial charge in [-0.3, -0.25) is 0 Å². The first-order chi connectivity index (χ1) is 9.52. The summed E-state index contributed by atoms with van der Waals surface area (Å²) in [7, 11) is 0. The lowest BCUT2D eigenvalue weighted by Crippen LogP contribution is -2.02. The normalized spacial score (nSPS) is 10.8. The first kappa shape index (κ1) is 14.3. The van der Waals surface area contributed by atoms with Gasteiger partial charge < -0.3 is 10.5 Å². The van der Waals surface area contributed by atoms with Crippen molar-refractivity contribution in [2.24, 2.45) is 0 Å². The van der Waals surface area contributed by atoms with Crippen molar-refractivity contribution in [3.05, 3.63) is 41.2 Å². The van der Waals surface area contributed by atoms with Crippen LogP contribution in [0.2, 0.25) is 0 Å². The Morgan fingerprint density at radius 1 is 1.25 bits per heavy atom. The first-order valence-electron chi connectivity index (χ1n) is 6.90. The Balaban J connectivity index is 2.39. The number of rotatable bonds is 4. The van der Waals surface area contributed by atoms with Crippen LogP contribution in [-0.2, 0) is 6.42 Å². The molecule has 1 aromatic carbocycles. The van der Waals surface area contributed by atoms with Gasteiger partial charge in [0.1, 0.15) is 17.9 Å². The van der Waals surface area contributed by atoms with Gasteiger partial charge in [0.2, 0.25) is 5.88 Å². The third-order valence-electron chi connectivity index (χ3n) is 3.38. The molecule has 2 rings (SSSR count). The third-order valence-corrected chi connectivity index (χ3v) is 3.38. The molecule has 2 N–H and O–H groups in total. The van der Waals surface area contributed by atoms with E-state index in [4.69, 9.17) is 10.5 Å². The highest BCUT2D eigenvalue weighted by Gasteiger charge is 2.12. The van der Waals surface area contributed by atoms with E-state index in [-0.39, 0.29) is 0 Å². The quantitative estimate of drug-likeness (QED) is 0.917. The van der Waals surface area contributed by atoms with Crippen LogP contribution in [0.1, 0.15) is 43.4 Å². The number of hydrogen-bond donors (Lipinski definition) is 1. The van der Waals surface area contributed by atoms with Gasteiger partial charge in [-0.05, 0) is 36.5 Å². The van der Waals surface area contributed by atoms with E-state index in [1.165, 1.54) is 11.9 Å². The highest BCUT2D eigenvalue weighted by Crippen LogP contribution is 2.30. The second-order valence-electron chi connectivity index (χ2n) is 5.18. The van der Waals surface area contributed by atoms with E-state index in [1.807, 2.05) is 13.8 Å². The number of aromatic nitrogens is 2. The van der Waals surface area contributed by atoms with Gasteiger partial charge in [-0.2, -0.15) is 0 Å². The van der Waals surface area contributed by atoms with Crippen molar-refractivity contribution in [1.82, 2.24) is 9.97 Å². The minimum atomic E-state index is 0.457. The molecule has 0 atom stereocenters. The summed E-state index contributed by atoms with van der Waals surface area (Å²) in [5, 5.41) is 0. The molecule has 0 bridgehead atoms. The second kappa shape index (κ2) is 5.90. The molecule has 0 saturated carbocycles. The van der Waals surface area contributed by atoms with E-state index in [9.17, 15) is 0 Å². The topological polar surface area (TPSA) is 61.0 Å². The van der Waals surface area contributed by atoms with Crippen LogP contribution in [-0.4, -0.2) is 9.97 Å². The fraction of sp³-hybridized carbons (Fsp3) is 0.375. The number of benzene rings is 1. The van der Waals surface area contributed by atoms with E-state index in [1.54, 1.807) is 0 Å². The SMILES string of the molecule is CCc1c(N)ncnc1Oc1cc(C(C)C)ccc1C. The Bertz CT molecular complexity index is 609. The molecule has 0 amide bonds. The molecule has 106 valence electrons. The van der Waals surface area contributed by atoms with Crippen LogP contribution in [0.25, 0.3) is 0 Å². The van der Waals surface area contributed by atoms with Gasteiger partial charge in [-0.1, -0.05) is 32.9 Å². The van der Waals surface area contributed by atoms with Crippen molar-refractivity contribution >= 4 is 5.82 Å². The Kier molecular flexibility index (Phi) is 4.23. The summed E-state index contributed by atoms with van der Waals surface area (Å²) in [6.07, 6.45) is 2.18. The lowest BCUT2D eigenvalue weighted by atomic mass is 10.0. The van der Waals surface area contributed by atoms with Crippen LogP contribution >= 0.6 is 0 Å². The lowest BCUT2D eigenvalue weighted by Gasteiger charge is -2.14. The number of nitrogens with two attached hydrogens (primary N) is 1. The summed E-state index contributed by atoms with van der Waals surface area (Å²) in [4.78, 5) is 8.22. The fourth-order valence-electron chi connectivity index (χ4n) is 2.02. The van der Waals surface area contributed by atoms with Crippen LogP contribution in [0.5, 0.6) is 11.6 Å². The van der Waals surface area contributed by atoms with Crippen molar-refractivity contribution < 1.29 is 4.74 Å². The minimum Gasteiger partial charge on any atom is -0.438 e. The number of hydrogen-bond acceptors (Lipinski definition) is 4. The summed E-state index contributed by atoms with van der Waals surface area (Å²) in [5.41, 5.74) is 9.04. The lowest BCUT2D eigenvalue weighted by molar-refractivity contribution is 0.451. The van der Waals surface area contributed by atoms with Crippen LogP contribution in [0, 0.1) is 6.92 Å². The van der Waals surface area contributed by atoms with Crippen molar-refractivity contribution in [2.75, 3.05) is 5.73 Å². The van der Waals surface area contributed by atoms with E-state index in [0.29, 0.717) is 17.6 Å². The number of anilines is 1. The molecule has 0 fully saturated rings. The summed E-state index contributed by atoms with van der Waals surface area (Å²) >= 11 is 0. The van der Waals surface area contributed by atoms with Gasteiger partial charge in [0.05, 0.1) is 5.56 Å². The molecule has 4 nitrogen and oxygen atoms in total. The largest absolute Gasteiger partial charge is 0.438 e. The highest BCUT2D eigenvalue weighted by atomic mass is 16.5. The van der Waals surface area contributed by atoms with Crippen LogP contribution in [0.3, 0.4) is 0 Å². The van der Waals surface area contributed by atoms with Crippen molar-refractivity contribution in [3.8, 4) is 11.6 Å². The smallest absolute Gasteiger partial charge is 0.227 e. The Morgan fingerprint density at radius 2 is 2.00 bits per heavy atom. The number of nitrogens with zero attached hydrogens (tertiary/aromatic N) is 2. The van der Waals surface area contributed by atoms with E-state index in [0.717, 1.165) is 23.3 Å². The van der Waals surface area contributed by atoms with Gasteiger partial charge in [0.25, 0.3) is 0 Å². The molecular formula is C16H21N3O. The monoisotopic (exact) mass is 271 g/mol. The molecule has 0 saturated heterocycles. The van der Waals surface area contributed by atoms with Gasteiger partial charge in [-0.25, -0.2) is 9.97 Å². The maximum Gasteiger partial charge on any atom is 0.227 e. The Labute approximate surface area is 120 Å². The van der Waals surface area contributed by atoms with Gasteiger partial charge in [0, 0.05) is 0 Å². The van der Waals surface area contributed by atoms with E-state index in [2.05, 4.69) is 42.0 Å². The molecule has 0 aliphatic heterocycles. The summed E-state index contributed by atoms with van der Waals surface area (Å²) in [6.45, 7) is 8.36. The number of nitrogen functional groups attached to an aromatic ring is 1. The van der Waals surface area contributed by atoms with Crippen molar-refractivity contribution in [3.63, 3.8) is 0 Å². The molecular weight excluding hydrogens is 250 g/mol. The summed E-state index contributed by atoms with van der Waals surface area (Å²) in [5.74, 6) is 2.31. The van der Waals surface area contributed by atoms with Crippen LogP contribution in [0.4, 0.5) is 5.82 Å².